The van der Waals surface area contributed by atoms with E-state index in [1.165, 1.54) is 6.08 Å². The molecule has 0 aliphatic rings. The summed E-state index contributed by atoms with van der Waals surface area (Å²) in [5.74, 6) is 0.727. The van der Waals surface area contributed by atoms with Crippen LogP contribution in [0.2, 0.25) is 0 Å². The number of ether oxygens (including phenoxy) is 1. The van der Waals surface area contributed by atoms with Crippen LogP contribution in [-0.2, 0) is 0 Å². The van der Waals surface area contributed by atoms with Gasteiger partial charge in [-0.05, 0) is 42.8 Å². The van der Waals surface area contributed by atoms with Gasteiger partial charge >= 0.3 is 0 Å². The first-order valence-corrected chi connectivity index (χ1v) is 6.16. The molecule has 0 bridgehead atoms. The van der Waals surface area contributed by atoms with E-state index in [2.05, 4.69) is 4.98 Å². The van der Waals surface area contributed by atoms with Crippen molar-refractivity contribution in [2.75, 3.05) is 6.61 Å². The lowest BCUT2D eigenvalue weighted by molar-refractivity contribution is 0.104. The van der Waals surface area contributed by atoms with Crippen molar-refractivity contribution in [3.63, 3.8) is 0 Å². The van der Waals surface area contributed by atoms with Crippen LogP contribution in [0, 0.1) is 0 Å². The predicted molar refractivity (Wildman–Crippen MR) is 75.2 cm³/mol. The molecule has 0 N–H and O–H groups in total. The number of hydrogen-bond acceptors (Lipinski definition) is 3. The summed E-state index contributed by atoms with van der Waals surface area (Å²) < 4.78 is 5.35. The number of hydrogen-bond donors (Lipinski definition) is 0. The van der Waals surface area contributed by atoms with Crippen molar-refractivity contribution in [1.29, 1.82) is 0 Å². The van der Waals surface area contributed by atoms with Crippen LogP contribution in [0.5, 0.6) is 5.75 Å². The van der Waals surface area contributed by atoms with Crippen molar-refractivity contribution >= 4 is 11.9 Å². The highest BCUT2D eigenvalue weighted by atomic mass is 16.5. The molecule has 3 heteroatoms. The molecular formula is C16H15NO2. The van der Waals surface area contributed by atoms with Crippen molar-refractivity contribution in [2.45, 2.75) is 6.92 Å². The first-order chi connectivity index (χ1) is 9.29. The highest BCUT2D eigenvalue weighted by molar-refractivity contribution is 6.05. The molecule has 19 heavy (non-hydrogen) atoms. The Morgan fingerprint density at radius 1 is 1.21 bits per heavy atom. The van der Waals surface area contributed by atoms with Gasteiger partial charge in [0.2, 0.25) is 5.78 Å². The van der Waals surface area contributed by atoms with Gasteiger partial charge in [-0.15, -0.1) is 0 Å². The fourth-order valence-corrected chi connectivity index (χ4v) is 1.61. The Hall–Kier alpha value is -2.42. The van der Waals surface area contributed by atoms with E-state index in [0.29, 0.717) is 12.3 Å². The maximum Gasteiger partial charge on any atom is 0.204 e. The maximum atomic E-state index is 11.8. The Bertz CT molecular complexity index is 559. The second-order valence-corrected chi connectivity index (χ2v) is 3.91. The van der Waals surface area contributed by atoms with Gasteiger partial charge in [-0.25, -0.2) is 0 Å². The maximum absolute atomic E-state index is 11.8. The van der Waals surface area contributed by atoms with Crippen LogP contribution in [0.25, 0.3) is 6.08 Å². The van der Waals surface area contributed by atoms with Gasteiger partial charge in [0, 0.05) is 6.20 Å². The molecular weight excluding hydrogens is 238 g/mol. The summed E-state index contributed by atoms with van der Waals surface area (Å²) in [6.07, 6.45) is 4.91. The number of aromatic nitrogens is 1. The lowest BCUT2D eigenvalue weighted by Crippen LogP contribution is -1.96. The first kappa shape index (κ1) is 13.0. The monoisotopic (exact) mass is 253 g/mol. The minimum Gasteiger partial charge on any atom is -0.494 e. The summed E-state index contributed by atoms with van der Waals surface area (Å²) >= 11 is 0. The normalized spacial score (nSPS) is 10.6. The zero-order chi connectivity index (χ0) is 13.5. The number of pyridine rings is 1. The molecule has 0 radical (unpaired) electrons. The average Bonchev–Trinajstić information content (AvgIpc) is 2.47. The predicted octanol–water partition coefficient (Wildman–Crippen LogP) is 3.38. The molecule has 2 aromatic rings. The second kappa shape index (κ2) is 6.50. The van der Waals surface area contributed by atoms with Crippen LogP contribution in [-0.4, -0.2) is 17.4 Å². The number of ketones is 1. The molecule has 96 valence electrons. The largest absolute Gasteiger partial charge is 0.494 e. The summed E-state index contributed by atoms with van der Waals surface area (Å²) in [4.78, 5) is 15.8. The van der Waals surface area contributed by atoms with Crippen LogP contribution >= 0.6 is 0 Å². The molecule has 0 spiro atoms. The number of benzene rings is 1. The molecule has 0 amide bonds. The van der Waals surface area contributed by atoms with E-state index in [0.717, 1.165) is 11.3 Å². The summed E-state index contributed by atoms with van der Waals surface area (Å²) in [6.45, 7) is 2.59. The number of nitrogens with zero attached hydrogens (tertiary/aromatic N) is 1. The van der Waals surface area contributed by atoms with Gasteiger partial charge in [-0.2, -0.15) is 0 Å². The average molecular weight is 253 g/mol. The van der Waals surface area contributed by atoms with Crippen molar-refractivity contribution in [3.8, 4) is 5.75 Å². The van der Waals surface area contributed by atoms with E-state index in [-0.39, 0.29) is 5.78 Å². The van der Waals surface area contributed by atoms with E-state index in [1.54, 1.807) is 30.5 Å². The smallest absolute Gasteiger partial charge is 0.204 e. The Labute approximate surface area is 112 Å². The SMILES string of the molecule is CCOc1ccc(C=CC(=O)c2ccccn2)cc1. The van der Waals surface area contributed by atoms with E-state index < -0.39 is 0 Å². The van der Waals surface area contributed by atoms with Gasteiger partial charge in [-0.3, -0.25) is 9.78 Å². The van der Waals surface area contributed by atoms with E-state index >= 15 is 0 Å². The van der Waals surface area contributed by atoms with Gasteiger partial charge in [0.25, 0.3) is 0 Å². The fraction of sp³-hybridized carbons (Fsp3) is 0.125. The minimum absolute atomic E-state index is 0.102. The van der Waals surface area contributed by atoms with Crippen molar-refractivity contribution in [1.82, 2.24) is 4.98 Å². The summed E-state index contributed by atoms with van der Waals surface area (Å²) in [5.41, 5.74) is 1.40. The summed E-state index contributed by atoms with van der Waals surface area (Å²) in [6, 6.07) is 12.9. The third kappa shape index (κ3) is 3.78. The third-order valence-electron chi connectivity index (χ3n) is 2.54. The lowest BCUT2D eigenvalue weighted by Gasteiger charge is -2.02. The number of carbonyl (C=O) groups excluding carboxylic acids is 1. The topological polar surface area (TPSA) is 39.2 Å². The number of rotatable bonds is 5. The van der Waals surface area contributed by atoms with Crippen LogP contribution < -0.4 is 4.74 Å². The zero-order valence-electron chi connectivity index (χ0n) is 10.7. The number of carbonyl (C=O) groups is 1. The molecule has 0 atom stereocenters. The van der Waals surface area contributed by atoms with E-state index in [1.807, 2.05) is 31.2 Å². The molecule has 0 fully saturated rings. The van der Waals surface area contributed by atoms with Crippen molar-refractivity contribution < 1.29 is 9.53 Å². The molecule has 0 aliphatic heterocycles. The summed E-state index contributed by atoms with van der Waals surface area (Å²) in [7, 11) is 0. The molecule has 2 rings (SSSR count). The molecule has 1 aromatic heterocycles. The Kier molecular flexibility index (Phi) is 4.45. The summed E-state index contributed by atoms with van der Waals surface area (Å²) in [5, 5.41) is 0. The molecule has 1 heterocycles. The standard InChI is InChI=1S/C16H15NO2/c1-2-19-14-9-6-13(7-10-14)8-11-16(18)15-5-3-4-12-17-15/h3-12H,2H2,1H3. The van der Waals surface area contributed by atoms with Crippen LogP contribution in [0.3, 0.4) is 0 Å². The second-order valence-electron chi connectivity index (χ2n) is 3.91. The molecule has 3 nitrogen and oxygen atoms in total. The van der Waals surface area contributed by atoms with Crippen LogP contribution in [0.4, 0.5) is 0 Å². The highest BCUT2D eigenvalue weighted by Crippen LogP contribution is 2.13. The van der Waals surface area contributed by atoms with Gasteiger partial charge in [0.05, 0.1) is 6.61 Å². The van der Waals surface area contributed by atoms with Crippen LogP contribution in [0.15, 0.2) is 54.7 Å². The Morgan fingerprint density at radius 2 is 2.00 bits per heavy atom. The molecule has 0 saturated carbocycles. The van der Waals surface area contributed by atoms with Crippen molar-refractivity contribution in [2.24, 2.45) is 0 Å². The van der Waals surface area contributed by atoms with Gasteiger partial charge < -0.3 is 4.74 Å². The first-order valence-electron chi connectivity index (χ1n) is 6.16. The quantitative estimate of drug-likeness (QED) is 0.605. The molecule has 0 unspecified atom stereocenters. The van der Waals surface area contributed by atoms with Gasteiger partial charge in [-0.1, -0.05) is 24.3 Å². The third-order valence-corrected chi connectivity index (χ3v) is 2.54. The Morgan fingerprint density at radius 3 is 2.63 bits per heavy atom. The van der Waals surface area contributed by atoms with Gasteiger partial charge in [0.15, 0.2) is 0 Å². The van der Waals surface area contributed by atoms with E-state index in [9.17, 15) is 4.79 Å². The molecule has 0 saturated heterocycles. The van der Waals surface area contributed by atoms with Crippen molar-refractivity contribution in [3.05, 3.63) is 66.0 Å². The van der Waals surface area contributed by atoms with E-state index in [4.69, 9.17) is 4.74 Å². The highest BCUT2D eigenvalue weighted by Gasteiger charge is 2.01. The molecule has 1 aromatic carbocycles. The molecule has 0 aliphatic carbocycles. The minimum atomic E-state index is -0.102. The van der Waals surface area contributed by atoms with Crippen LogP contribution in [0.1, 0.15) is 23.0 Å². The van der Waals surface area contributed by atoms with Gasteiger partial charge in [0.1, 0.15) is 11.4 Å². The lowest BCUT2D eigenvalue weighted by atomic mass is 10.1. The number of allylic oxidation sites excluding steroid dienone is 1. The fourth-order valence-electron chi connectivity index (χ4n) is 1.61. The Balaban J connectivity index is 2.04. The zero-order valence-corrected chi connectivity index (χ0v) is 10.7.